The van der Waals surface area contributed by atoms with Crippen LogP contribution >= 0.6 is 15.9 Å². The molecular formula is C16H9BrF2O4. The molecule has 4 nitrogen and oxygen atoms in total. The monoisotopic (exact) mass is 382 g/mol. The SMILES string of the molecule is O=C1OC(Br)c2cc(F)ccc21.O=C1OCc2cc(F)ccc21. The molecule has 2 heterocycles. The second-order valence-corrected chi connectivity index (χ2v) is 5.66. The zero-order chi connectivity index (χ0) is 16.6. The molecule has 4 rings (SSSR count). The molecule has 2 aromatic rings. The van der Waals surface area contributed by atoms with Gasteiger partial charge in [0.25, 0.3) is 0 Å². The smallest absolute Gasteiger partial charge is 0.340 e. The summed E-state index contributed by atoms with van der Waals surface area (Å²) in [6.45, 7) is 0.200. The second kappa shape index (κ2) is 6.08. The van der Waals surface area contributed by atoms with Crippen molar-refractivity contribution < 1.29 is 27.8 Å². The Morgan fingerprint density at radius 2 is 1.61 bits per heavy atom. The lowest BCUT2D eigenvalue weighted by atomic mass is 10.1. The van der Waals surface area contributed by atoms with Crippen LogP contribution in [-0.4, -0.2) is 11.9 Å². The van der Waals surface area contributed by atoms with Crippen LogP contribution in [0.25, 0.3) is 0 Å². The molecule has 2 aliphatic heterocycles. The highest BCUT2D eigenvalue weighted by Crippen LogP contribution is 2.35. The van der Waals surface area contributed by atoms with Crippen molar-refractivity contribution in [3.05, 3.63) is 70.3 Å². The van der Waals surface area contributed by atoms with Gasteiger partial charge < -0.3 is 9.47 Å². The number of carbonyl (C=O) groups is 2. The van der Waals surface area contributed by atoms with E-state index in [-0.39, 0.29) is 24.2 Å². The van der Waals surface area contributed by atoms with E-state index < -0.39 is 11.0 Å². The molecule has 0 amide bonds. The molecule has 23 heavy (non-hydrogen) atoms. The van der Waals surface area contributed by atoms with Gasteiger partial charge >= 0.3 is 11.9 Å². The fourth-order valence-electron chi connectivity index (χ4n) is 2.23. The third-order valence-electron chi connectivity index (χ3n) is 3.33. The summed E-state index contributed by atoms with van der Waals surface area (Å²) in [7, 11) is 0. The maximum atomic E-state index is 12.7. The number of esters is 2. The van der Waals surface area contributed by atoms with Gasteiger partial charge in [-0.15, -0.1) is 0 Å². The topological polar surface area (TPSA) is 52.6 Å². The first-order valence-electron chi connectivity index (χ1n) is 6.56. The van der Waals surface area contributed by atoms with Gasteiger partial charge in [-0.1, -0.05) is 0 Å². The molecule has 2 aromatic carbocycles. The largest absolute Gasteiger partial charge is 0.457 e. The summed E-state index contributed by atoms with van der Waals surface area (Å²) in [5, 5.41) is -0.504. The first-order chi connectivity index (χ1) is 11.0. The van der Waals surface area contributed by atoms with Crippen LogP contribution in [0.15, 0.2) is 36.4 Å². The minimum Gasteiger partial charge on any atom is -0.457 e. The van der Waals surface area contributed by atoms with Crippen molar-refractivity contribution in [1.29, 1.82) is 0 Å². The Balaban J connectivity index is 0.000000136. The number of ether oxygens (including phenoxy) is 2. The van der Waals surface area contributed by atoms with Gasteiger partial charge in [0.05, 0.1) is 11.1 Å². The summed E-state index contributed by atoms with van der Waals surface area (Å²) < 4.78 is 34.7. The number of carbonyl (C=O) groups excluding carboxylic acids is 2. The van der Waals surface area contributed by atoms with Crippen LogP contribution in [0.5, 0.6) is 0 Å². The number of benzene rings is 2. The Bertz CT molecular complexity index is 807. The summed E-state index contributed by atoms with van der Waals surface area (Å²) in [6, 6.07) is 7.98. The first kappa shape index (κ1) is 15.6. The highest BCUT2D eigenvalue weighted by atomic mass is 79.9. The summed E-state index contributed by atoms with van der Waals surface area (Å²) in [4.78, 5) is 21.8. The molecule has 0 N–H and O–H groups in total. The van der Waals surface area contributed by atoms with Gasteiger partial charge in [0.15, 0.2) is 5.01 Å². The van der Waals surface area contributed by atoms with E-state index in [9.17, 15) is 18.4 Å². The molecule has 0 aliphatic carbocycles. The molecule has 0 aromatic heterocycles. The van der Waals surface area contributed by atoms with E-state index in [1.807, 2.05) is 0 Å². The number of fused-ring (bicyclic) bond motifs is 2. The van der Waals surface area contributed by atoms with E-state index in [1.54, 1.807) is 0 Å². The Hall–Kier alpha value is -2.28. The van der Waals surface area contributed by atoms with Crippen LogP contribution in [0.4, 0.5) is 8.78 Å². The Kier molecular flexibility index (Phi) is 4.12. The predicted octanol–water partition coefficient (Wildman–Crippen LogP) is 3.89. The van der Waals surface area contributed by atoms with E-state index in [1.165, 1.54) is 36.4 Å². The number of hydrogen-bond acceptors (Lipinski definition) is 4. The van der Waals surface area contributed by atoms with Gasteiger partial charge in [0.2, 0.25) is 0 Å². The quantitative estimate of drug-likeness (QED) is 0.512. The number of halogens is 3. The lowest BCUT2D eigenvalue weighted by molar-refractivity contribution is 0.0523. The summed E-state index contributed by atoms with van der Waals surface area (Å²) in [5.74, 6) is -1.47. The van der Waals surface area contributed by atoms with Gasteiger partial charge in [-0.3, -0.25) is 0 Å². The lowest BCUT2D eigenvalue weighted by Gasteiger charge is -1.98. The van der Waals surface area contributed by atoms with Crippen LogP contribution in [0.2, 0.25) is 0 Å². The van der Waals surface area contributed by atoms with Gasteiger partial charge in [0, 0.05) is 11.1 Å². The van der Waals surface area contributed by atoms with Crippen molar-refractivity contribution in [3.8, 4) is 0 Å². The molecule has 1 unspecified atom stereocenters. The highest BCUT2D eigenvalue weighted by Gasteiger charge is 2.29. The van der Waals surface area contributed by atoms with Gasteiger partial charge in [-0.2, -0.15) is 0 Å². The fourth-order valence-corrected chi connectivity index (χ4v) is 2.78. The standard InChI is InChI=1S/C8H4BrFO2.C8H5FO2/c9-7-6-3-4(10)1-2-5(6)8(11)12-7;9-6-1-2-7-5(3-6)4-11-8(7)10/h1-3,7H;1-3H,4H2. The summed E-state index contributed by atoms with van der Waals surface area (Å²) in [5.41, 5.74) is 2.10. The average Bonchev–Trinajstić information content (AvgIpc) is 3.00. The molecule has 0 saturated heterocycles. The molecule has 0 radical (unpaired) electrons. The third kappa shape index (κ3) is 3.10. The van der Waals surface area contributed by atoms with Crippen molar-refractivity contribution in [3.63, 3.8) is 0 Å². The molecule has 1 atom stereocenters. The molecule has 0 spiro atoms. The minimum atomic E-state index is -0.504. The number of cyclic esters (lactones) is 2. The first-order valence-corrected chi connectivity index (χ1v) is 7.47. The average molecular weight is 383 g/mol. The molecule has 0 saturated carbocycles. The Labute approximate surface area is 138 Å². The van der Waals surface area contributed by atoms with Crippen molar-refractivity contribution >= 4 is 27.9 Å². The Morgan fingerprint density at radius 1 is 0.957 bits per heavy atom. The molecule has 2 aliphatic rings. The number of alkyl halides is 1. The van der Waals surface area contributed by atoms with Crippen LogP contribution in [0.1, 0.15) is 36.9 Å². The van der Waals surface area contributed by atoms with E-state index >= 15 is 0 Å². The molecule has 0 fully saturated rings. The molecule has 7 heteroatoms. The third-order valence-corrected chi connectivity index (χ3v) is 4.01. The molecular weight excluding hydrogens is 374 g/mol. The zero-order valence-electron chi connectivity index (χ0n) is 11.5. The number of hydrogen-bond donors (Lipinski definition) is 0. The van der Waals surface area contributed by atoms with Crippen molar-refractivity contribution in [2.24, 2.45) is 0 Å². The fraction of sp³-hybridized carbons (Fsp3) is 0.125. The normalized spacial score (nSPS) is 17.6. The lowest BCUT2D eigenvalue weighted by Crippen LogP contribution is -1.93. The van der Waals surface area contributed by atoms with Gasteiger partial charge in [0.1, 0.15) is 18.2 Å². The molecule has 118 valence electrons. The maximum Gasteiger partial charge on any atom is 0.340 e. The van der Waals surface area contributed by atoms with Crippen LogP contribution in [0.3, 0.4) is 0 Å². The van der Waals surface area contributed by atoms with E-state index in [2.05, 4.69) is 20.7 Å². The van der Waals surface area contributed by atoms with Crippen LogP contribution in [0, 0.1) is 11.6 Å². The summed E-state index contributed by atoms with van der Waals surface area (Å²) in [6.07, 6.45) is 0. The zero-order valence-corrected chi connectivity index (χ0v) is 13.1. The highest BCUT2D eigenvalue weighted by molar-refractivity contribution is 9.09. The second-order valence-electron chi connectivity index (χ2n) is 4.83. The van der Waals surface area contributed by atoms with E-state index in [4.69, 9.17) is 4.74 Å². The maximum absolute atomic E-state index is 12.7. The van der Waals surface area contributed by atoms with Crippen LogP contribution < -0.4 is 0 Å². The van der Waals surface area contributed by atoms with Crippen molar-refractivity contribution in [2.45, 2.75) is 11.6 Å². The molecule has 0 bridgehead atoms. The predicted molar refractivity (Wildman–Crippen MR) is 79.0 cm³/mol. The van der Waals surface area contributed by atoms with Crippen molar-refractivity contribution in [1.82, 2.24) is 0 Å². The van der Waals surface area contributed by atoms with Gasteiger partial charge in [-0.25, -0.2) is 18.4 Å². The minimum absolute atomic E-state index is 0.200. The van der Waals surface area contributed by atoms with E-state index in [0.717, 1.165) is 0 Å². The summed E-state index contributed by atoms with van der Waals surface area (Å²) >= 11 is 3.10. The number of rotatable bonds is 0. The van der Waals surface area contributed by atoms with Crippen LogP contribution in [-0.2, 0) is 16.1 Å². The van der Waals surface area contributed by atoms with E-state index in [0.29, 0.717) is 22.3 Å². The van der Waals surface area contributed by atoms with Crippen molar-refractivity contribution in [2.75, 3.05) is 0 Å². The Morgan fingerprint density at radius 3 is 2.35 bits per heavy atom. The van der Waals surface area contributed by atoms with Gasteiger partial charge in [-0.05, 0) is 52.3 Å².